The van der Waals surface area contributed by atoms with Gasteiger partial charge in [-0.05, 0) is 42.8 Å². The Morgan fingerprint density at radius 1 is 1.19 bits per heavy atom. The van der Waals surface area contributed by atoms with E-state index in [1.807, 2.05) is 31.2 Å². The minimum atomic E-state index is 0.429. The van der Waals surface area contributed by atoms with E-state index in [4.69, 9.17) is 27.9 Å². The molecule has 0 fully saturated rings. The van der Waals surface area contributed by atoms with Crippen LogP contribution in [-0.4, -0.2) is 12.8 Å². The first kappa shape index (κ1) is 15.6. The minimum Gasteiger partial charge on any atom is -0.489 e. The summed E-state index contributed by atoms with van der Waals surface area (Å²) in [5.74, 6) is 0.709. The van der Waals surface area contributed by atoms with Gasteiger partial charge in [0.2, 0.25) is 0 Å². The van der Waals surface area contributed by atoms with Gasteiger partial charge < -0.3 is 4.74 Å². The van der Waals surface area contributed by atoms with E-state index in [1.165, 1.54) is 0 Å². The average molecular weight is 320 g/mol. The summed E-state index contributed by atoms with van der Waals surface area (Å²) >= 11 is 12.1. The largest absolute Gasteiger partial charge is 0.489 e. The summed E-state index contributed by atoms with van der Waals surface area (Å²) < 4.78 is 5.58. The second kappa shape index (κ2) is 7.30. The molecule has 2 aromatic rings. The molecule has 0 heterocycles. The number of rotatable bonds is 5. The summed E-state index contributed by atoms with van der Waals surface area (Å²) in [7, 11) is 0. The third-order valence-electron chi connectivity index (χ3n) is 2.84. The molecule has 0 unspecified atom stereocenters. The Labute approximate surface area is 134 Å². The molecule has 108 valence electrons. The van der Waals surface area contributed by atoms with Crippen molar-refractivity contribution in [2.45, 2.75) is 6.92 Å². The van der Waals surface area contributed by atoms with E-state index in [0.29, 0.717) is 22.4 Å². The second-order valence-corrected chi connectivity index (χ2v) is 5.32. The van der Waals surface area contributed by atoms with Crippen LogP contribution in [0.5, 0.6) is 5.75 Å². The van der Waals surface area contributed by atoms with E-state index in [-0.39, 0.29) is 0 Å². The monoisotopic (exact) mass is 319 g/mol. The molecule has 0 spiro atoms. The lowest BCUT2D eigenvalue weighted by Crippen LogP contribution is -1.96. The fourth-order valence-corrected chi connectivity index (χ4v) is 2.06. The van der Waals surface area contributed by atoms with E-state index in [9.17, 15) is 0 Å². The number of halogens is 2. The van der Waals surface area contributed by atoms with Crippen molar-refractivity contribution in [2.24, 2.45) is 4.99 Å². The maximum Gasteiger partial charge on any atom is 0.128 e. The van der Waals surface area contributed by atoms with Crippen molar-refractivity contribution in [2.75, 3.05) is 6.61 Å². The number of aliphatic imine (C=N–C) groups is 1. The fourth-order valence-electron chi connectivity index (χ4n) is 1.71. The summed E-state index contributed by atoms with van der Waals surface area (Å²) in [6.07, 6.45) is 3.40. The highest BCUT2D eigenvalue weighted by Gasteiger charge is 2.03. The summed E-state index contributed by atoms with van der Waals surface area (Å²) in [6.45, 7) is 6.02. The number of ether oxygens (including phenoxy) is 1. The fraction of sp³-hybridized carbons (Fsp3) is 0.118. The minimum absolute atomic E-state index is 0.429. The molecule has 0 aliphatic rings. The summed E-state index contributed by atoms with van der Waals surface area (Å²) in [6, 6.07) is 11.1. The molecular weight excluding hydrogens is 305 g/mol. The molecule has 2 rings (SSSR count). The number of hydrogen-bond donors (Lipinski definition) is 0. The zero-order valence-electron chi connectivity index (χ0n) is 11.6. The summed E-state index contributed by atoms with van der Waals surface area (Å²) in [5.41, 5.74) is 2.61. The Hall–Kier alpha value is -1.77. The van der Waals surface area contributed by atoms with E-state index in [2.05, 4.69) is 11.6 Å². The standard InChI is InChI=1S/C17H15Cl2NO/c1-3-8-21-17-7-5-14(18)9-13(17)11-20-15-6-4-12(2)16(19)10-15/h3-7,9-11H,1,8H2,2H3. The molecule has 0 amide bonds. The van der Waals surface area contributed by atoms with Crippen LogP contribution in [0.25, 0.3) is 0 Å². The van der Waals surface area contributed by atoms with Crippen LogP contribution in [0.4, 0.5) is 5.69 Å². The zero-order chi connectivity index (χ0) is 15.2. The Morgan fingerprint density at radius 2 is 2.00 bits per heavy atom. The molecule has 21 heavy (non-hydrogen) atoms. The lowest BCUT2D eigenvalue weighted by Gasteiger charge is -2.07. The number of benzene rings is 2. The van der Waals surface area contributed by atoms with Crippen LogP contribution in [0.15, 0.2) is 54.0 Å². The molecule has 0 aromatic heterocycles. The van der Waals surface area contributed by atoms with Crippen molar-refractivity contribution in [3.8, 4) is 5.75 Å². The van der Waals surface area contributed by atoms with E-state index < -0.39 is 0 Å². The maximum absolute atomic E-state index is 6.09. The Balaban J connectivity index is 2.28. The first-order chi connectivity index (χ1) is 10.1. The van der Waals surface area contributed by atoms with Crippen LogP contribution in [0.2, 0.25) is 10.0 Å². The number of nitrogens with zero attached hydrogens (tertiary/aromatic N) is 1. The molecule has 2 aromatic carbocycles. The highest BCUT2D eigenvalue weighted by molar-refractivity contribution is 6.31. The molecule has 0 aliphatic heterocycles. The van der Waals surface area contributed by atoms with Crippen LogP contribution in [-0.2, 0) is 0 Å². The predicted octanol–water partition coefficient (Wildman–Crippen LogP) is 5.62. The van der Waals surface area contributed by atoms with Crippen LogP contribution < -0.4 is 4.74 Å². The van der Waals surface area contributed by atoms with Crippen LogP contribution in [0, 0.1) is 6.92 Å². The van der Waals surface area contributed by atoms with Gasteiger partial charge in [-0.15, -0.1) is 0 Å². The quantitative estimate of drug-likeness (QED) is 0.518. The van der Waals surface area contributed by atoms with Crippen molar-refractivity contribution >= 4 is 35.1 Å². The van der Waals surface area contributed by atoms with Crippen molar-refractivity contribution in [3.63, 3.8) is 0 Å². The molecule has 4 heteroatoms. The molecule has 0 radical (unpaired) electrons. The molecule has 2 nitrogen and oxygen atoms in total. The molecule has 0 N–H and O–H groups in total. The van der Waals surface area contributed by atoms with Crippen LogP contribution in [0.1, 0.15) is 11.1 Å². The number of aryl methyl sites for hydroxylation is 1. The van der Waals surface area contributed by atoms with Gasteiger partial charge in [-0.3, -0.25) is 4.99 Å². The normalized spacial score (nSPS) is 10.8. The van der Waals surface area contributed by atoms with Crippen molar-refractivity contribution < 1.29 is 4.74 Å². The Kier molecular flexibility index (Phi) is 5.43. The third kappa shape index (κ3) is 4.35. The first-order valence-electron chi connectivity index (χ1n) is 6.43. The predicted molar refractivity (Wildman–Crippen MR) is 90.6 cm³/mol. The topological polar surface area (TPSA) is 21.6 Å². The lowest BCUT2D eigenvalue weighted by molar-refractivity contribution is 0.363. The lowest BCUT2D eigenvalue weighted by atomic mass is 10.2. The molecule has 0 saturated heterocycles. The van der Waals surface area contributed by atoms with Gasteiger partial charge in [0, 0.05) is 21.8 Å². The molecular formula is C17H15Cl2NO. The molecule has 0 atom stereocenters. The highest BCUT2D eigenvalue weighted by atomic mass is 35.5. The van der Waals surface area contributed by atoms with Crippen LogP contribution >= 0.6 is 23.2 Å². The van der Waals surface area contributed by atoms with Gasteiger partial charge in [-0.25, -0.2) is 0 Å². The van der Waals surface area contributed by atoms with Crippen LogP contribution in [0.3, 0.4) is 0 Å². The molecule has 0 aliphatic carbocycles. The Morgan fingerprint density at radius 3 is 2.71 bits per heavy atom. The van der Waals surface area contributed by atoms with E-state index >= 15 is 0 Å². The van der Waals surface area contributed by atoms with Gasteiger partial charge in [0.15, 0.2) is 0 Å². The Bertz CT molecular complexity index is 680. The van der Waals surface area contributed by atoms with Gasteiger partial charge in [-0.1, -0.05) is 41.9 Å². The van der Waals surface area contributed by atoms with Gasteiger partial charge in [0.05, 0.1) is 5.69 Å². The smallest absolute Gasteiger partial charge is 0.128 e. The SMILES string of the molecule is C=CCOc1ccc(Cl)cc1C=Nc1ccc(C)c(Cl)c1. The highest BCUT2D eigenvalue weighted by Crippen LogP contribution is 2.24. The second-order valence-electron chi connectivity index (χ2n) is 4.47. The van der Waals surface area contributed by atoms with E-state index in [1.54, 1.807) is 24.4 Å². The van der Waals surface area contributed by atoms with Gasteiger partial charge in [-0.2, -0.15) is 0 Å². The molecule has 0 bridgehead atoms. The average Bonchev–Trinajstić information content (AvgIpc) is 2.47. The summed E-state index contributed by atoms with van der Waals surface area (Å²) in [4.78, 5) is 4.41. The van der Waals surface area contributed by atoms with Gasteiger partial charge in [0.1, 0.15) is 12.4 Å². The summed E-state index contributed by atoms with van der Waals surface area (Å²) in [5, 5.41) is 1.32. The van der Waals surface area contributed by atoms with Crippen molar-refractivity contribution in [1.82, 2.24) is 0 Å². The van der Waals surface area contributed by atoms with Gasteiger partial charge >= 0.3 is 0 Å². The third-order valence-corrected chi connectivity index (χ3v) is 3.48. The van der Waals surface area contributed by atoms with Crippen molar-refractivity contribution in [3.05, 3.63) is 70.2 Å². The first-order valence-corrected chi connectivity index (χ1v) is 7.19. The number of hydrogen-bond acceptors (Lipinski definition) is 2. The zero-order valence-corrected chi connectivity index (χ0v) is 13.2. The van der Waals surface area contributed by atoms with Crippen molar-refractivity contribution in [1.29, 1.82) is 0 Å². The van der Waals surface area contributed by atoms with E-state index in [0.717, 1.165) is 16.8 Å². The van der Waals surface area contributed by atoms with Gasteiger partial charge in [0.25, 0.3) is 0 Å². The molecule has 0 saturated carbocycles. The maximum atomic E-state index is 6.09.